The quantitative estimate of drug-likeness (QED) is 0.0257. The molecule has 2 aromatic carbocycles. The van der Waals surface area contributed by atoms with Crippen LogP contribution in [0.2, 0.25) is 0 Å². The molecule has 4 rings (SSSR count). The zero-order valence-corrected chi connectivity index (χ0v) is 90.3. The van der Waals surface area contributed by atoms with Gasteiger partial charge in [0.1, 0.15) is 30.5 Å². The van der Waals surface area contributed by atoms with Gasteiger partial charge in [-0.3, -0.25) is 67.1 Å². The molecule has 2 fully saturated rings. The number of unbranched alkanes of at least 4 members (excludes halogenated alkanes) is 27. The van der Waals surface area contributed by atoms with Crippen molar-refractivity contribution < 1.29 is 162 Å². The van der Waals surface area contributed by atoms with Crippen LogP contribution in [0.4, 0.5) is 0 Å². The van der Waals surface area contributed by atoms with Crippen LogP contribution in [0, 0.1) is 23.7 Å². The van der Waals surface area contributed by atoms with E-state index in [-0.39, 0.29) is 214 Å². The first-order valence-electron chi connectivity index (χ1n) is 56.7. The first-order chi connectivity index (χ1) is 72.7. The molecular weight excluding hydrogens is 1930 g/mol. The maximum Gasteiger partial charge on any atom is 0.343 e. The van der Waals surface area contributed by atoms with Crippen molar-refractivity contribution >= 4 is 89.5 Å². The molecule has 0 N–H and O–H groups in total. The van der Waals surface area contributed by atoms with Crippen LogP contribution in [-0.4, -0.2) is 222 Å². The molecular formula is C115H182O34. The Labute approximate surface area is 886 Å². The smallest absolute Gasteiger partial charge is 0.343 e. The summed E-state index contributed by atoms with van der Waals surface area (Å²) in [6.45, 7) is 9.73. The third-order valence-electron chi connectivity index (χ3n) is 25.9. The third-order valence-corrected chi connectivity index (χ3v) is 25.9. The standard InChI is InChI=1S/C115H182O34/c1-3-5-20-44-93-55-57-94(58-56-93)95-59-61-96(62-60-95)114(129)148-99-67-69-100(70-68-99)149-115(130)97-63-65-98(66-64-97)134-73-31-8-6-7-9-32-74-144-112(127)71-72-113(128)145-84-42-17-28-52-109(124)141-81-39-14-25-49-106(121)138-78-36-13-24-48-105(120)140-80-38-16-27-51-108(123)143-83-41-19-30-54-111(126)147-92-90-133-88-86-131-85-87-132-89-91-146-110(125)53-29-18-40-82-142-107(122)50-26-15-37-79-139-104(119)47-23-12-35-77-137-103(118)46-22-11-34-76-136-102(117)45-21-10-33-75-135-101(116)43-4-2/h63-70,93-96H,3-62,71-92H2,1-2H3. The van der Waals surface area contributed by atoms with Crippen molar-refractivity contribution in [2.75, 3.05) is 132 Å². The highest BCUT2D eigenvalue weighted by atomic mass is 16.6. The van der Waals surface area contributed by atoms with Crippen LogP contribution < -0.4 is 14.2 Å². The zero-order valence-electron chi connectivity index (χ0n) is 90.3. The predicted octanol–water partition coefficient (Wildman–Crippen LogP) is 22.0. The SMILES string of the molecule is CCCCCC1CCC(C2CCC(C(=O)Oc3ccc(OC(=O)c4ccc(OCCCCCCCCOC(=O)CCC(=O)OCCCCCC(=O)OCCCCCC(=O)OCCCCCC(=O)OCCCCCC(=O)OCCCCCC(=O)OCCOCCOCCOCCOC(=O)CCCCCOC(=O)CCCCCOC(=O)CCCCCOC(=O)CCCCCOC(=O)CCCCCOC(=O)CCC)cc4)cc3)CC2)CC1. The molecule has 0 aromatic heterocycles. The summed E-state index contributed by atoms with van der Waals surface area (Å²) in [7, 11) is 0. The van der Waals surface area contributed by atoms with Gasteiger partial charge in [0.05, 0.1) is 143 Å². The second-order valence-electron chi connectivity index (χ2n) is 38.7. The predicted molar refractivity (Wildman–Crippen MR) is 555 cm³/mol. The second kappa shape index (κ2) is 91.9. The van der Waals surface area contributed by atoms with Crippen LogP contribution in [-0.2, 0) is 143 Å². The summed E-state index contributed by atoms with van der Waals surface area (Å²) in [5.41, 5.74) is 0.385. The molecule has 0 saturated heterocycles. The van der Waals surface area contributed by atoms with E-state index < -0.39 is 17.9 Å². The lowest BCUT2D eigenvalue weighted by atomic mass is 9.68. The molecule has 2 aliphatic rings. The van der Waals surface area contributed by atoms with E-state index in [4.69, 9.17) is 90.0 Å². The Hall–Kier alpha value is -9.83. The van der Waals surface area contributed by atoms with E-state index in [1.165, 1.54) is 51.4 Å². The molecule has 846 valence electrons. The molecule has 0 aliphatic heterocycles. The topological polar surface area (TPSA) is 431 Å². The first-order valence-corrected chi connectivity index (χ1v) is 56.7. The Balaban J connectivity index is 0.768. The molecule has 0 radical (unpaired) electrons. The second-order valence-corrected chi connectivity index (χ2v) is 38.7. The van der Waals surface area contributed by atoms with Crippen LogP contribution in [0.15, 0.2) is 48.5 Å². The van der Waals surface area contributed by atoms with E-state index in [1.807, 2.05) is 6.92 Å². The summed E-state index contributed by atoms with van der Waals surface area (Å²) >= 11 is 0. The van der Waals surface area contributed by atoms with Crippen LogP contribution in [0.25, 0.3) is 0 Å². The molecule has 0 bridgehead atoms. The van der Waals surface area contributed by atoms with Crippen molar-refractivity contribution in [2.24, 2.45) is 23.7 Å². The van der Waals surface area contributed by atoms with Crippen molar-refractivity contribution in [1.29, 1.82) is 0 Å². The maximum atomic E-state index is 13.1. The summed E-state index contributed by atoms with van der Waals surface area (Å²) in [4.78, 5) is 183. The highest BCUT2D eigenvalue weighted by Crippen LogP contribution is 2.43. The summed E-state index contributed by atoms with van der Waals surface area (Å²) in [6.07, 6.45) is 43.6. The highest BCUT2D eigenvalue weighted by Gasteiger charge is 2.34. The molecule has 149 heavy (non-hydrogen) atoms. The average molecular weight is 2110 g/mol. The maximum absolute atomic E-state index is 13.1. The number of rotatable bonds is 96. The number of carbonyl (C=O) groups excluding carboxylic acids is 15. The molecule has 0 unspecified atom stereocenters. The van der Waals surface area contributed by atoms with E-state index in [2.05, 4.69) is 6.92 Å². The van der Waals surface area contributed by atoms with Crippen molar-refractivity contribution in [3.8, 4) is 17.2 Å². The summed E-state index contributed by atoms with van der Waals surface area (Å²) in [6, 6.07) is 13.4. The number of ether oxygens (including phenoxy) is 19. The Morgan fingerprint density at radius 1 is 0.201 bits per heavy atom. The van der Waals surface area contributed by atoms with Gasteiger partial charge in [0.15, 0.2) is 0 Å². The summed E-state index contributed by atoms with van der Waals surface area (Å²) in [5, 5.41) is 0. The molecule has 34 nitrogen and oxygen atoms in total. The van der Waals surface area contributed by atoms with E-state index >= 15 is 0 Å². The van der Waals surface area contributed by atoms with Gasteiger partial charge in [-0.2, -0.15) is 0 Å². The van der Waals surface area contributed by atoms with Gasteiger partial charge in [-0.15, -0.1) is 0 Å². The Morgan fingerprint density at radius 2 is 0.430 bits per heavy atom. The van der Waals surface area contributed by atoms with E-state index in [0.717, 1.165) is 114 Å². The Morgan fingerprint density at radius 3 is 0.711 bits per heavy atom. The van der Waals surface area contributed by atoms with E-state index in [1.54, 1.807) is 48.5 Å². The summed E-state index contributed by atoms with van der Waals surface area (Å²) < 4.78 is 102. The molecule has 0 spiro atoms. The molecule has 0 atom stereocenters. The van der Waals surface area contributed by atoms with Crippen LogP contribution in [0.1, 0.15) is 422 Å². The van der Waals surface area contributed by atoms with Gasteiger partial charge in [-0.05, 0) is 317 Å². The lowest BCUT2D eigenvalue weighted by Crippen LogP contribution is -2.30. The van der Waals surface area contributed by atoms with E-state index in [0.29, 0.717) is 268 Å². The minimum atomic E-state index is -0.501. The average Bonchev–Trinajstić information content (AvgIpc) is 0.843. The number of benzene rings is 2. The van der Waals surface area contributed by atoms with Crippen molar-refractivity contribution in [1.82, 2.24) is 0 Å². The fraction of sp³-hybridized carbons (Fsp3) is 0.765. The number of esters is 15. The van der Waals surface area contributed by atoms with Gasteiger partial charge in [0, 0.05) is 70.6 Å². The lowest BCUT2D eigenvalue weighted by molar-refractivity contribution is -0.150. The van der Waals surface area contributed by atoms with Gasteiger partial charge >= 0.3 is 89.5 Å². The zero-order chi connectivity index (χ0) is 107. The fourth-order valence-electron chi connectivity index (χ4n) is 17.0. The monoisotopic (exact) mass is 2110 g/mol. The van der Waals surface area contributed by atoms with Crippen molar-refractivity contribution in [3.63, 3.8) is 0 Å². The molecule has 2 aliphatic carbocycles. The van der Waals surface area contributed by atoms with E-state index in [9.17, 15) is 71.9 Å². The lowest BCUT2D eigenvalue weighted by Gasteiger charge is -2.37. The largest absolute Gasteiger partial charge is 0.494 e. The van der Waals surface area contributed by atoms with Crippen LogP contribution in [0.3, 0.4) is 0 Å². The van der Waals surface area contributed by atoms with Crippen LogP contribution >= 0.6 is 0 Å². The summed E-state index contributed by atoms with van der Waals surface area (Å²) in [5.74, 6) is -0.907. The van der Waals surface area contributed by atoms with Gasteiger partial charge in [-0.25, -0.2) is 4.79 Å². The fourth-order valence-corrected chi connectivity index (χ4v) is 17.0. The molecule has 0 heterocycles. The number of hydrogen-bond donors (Lipinski definition) is 0. The Kier molecular flexibility index (Phi) is 81.1. The van der Waals surface area contributed by atoms with Crippen LogP contribution in [0.5, 0.6) is 17.2 Å². The van der Waals surface area contributed by atoms with Gasteiger partial charge < -0.3 is 90.0 Å². The molecule has 2 saturated carbocycles. The van der Waals surface area contributed by atoms with Gasteiger partial charge in [0.2, 0.25) is 0 Å². The molecule has 0 amide bonds. The first kappa shape index (κ1) is 131. The number of carbonyl (C=O) groups is 15. The normalized spacial score (nSPS) is 14.2. The minimum Gasteiger partial charge on any atom is -0.494 e. The molecule has 2 aromatic rings. The Bertz CT molecular complexity index is 3890. The van der Waals surface area contributed by atoms with Gasteiger partial charge in [0.25, 0.3) is 0 Å². The van der Waals surface area contributed by atoms with Gasteiger partial charge in [-0.1, -0.05) is 78.1 Å². The molecule has 34 heteroatoms. The minimum absolute atomic E-state index is 0.0546. The van der Waals surface area contributed by atoms with Crippen molar-refractivity contribution in [2.45, 2.75) is 412 Å². The third kappa shape index (κ3) is 77.2. The highest BCUT2D eigenvalue weighted by molar-refractivity contribution is 5.91. The van der Waals surface area contributed by atoms with Crippen molar-refractivity contribution in [3.05, 3.63) is 54.1 Å². The number of hydrogen-bond acceptors (Lipinski definition) is 34.